The van der Waals surface area contributed by atoms with E-state index in [1.807, 2.05) is 38.1 Å². The number of H-pyrrole nitrogens is 1. The van der Waals surface area contributed by atoms with Gasteiger partial charge in [0, 0.05) is 12.2 Å². The van der Waals surface area contributed by atoms with Crippen LogP contribution in [0.5, 0.6) is 5.75 Å². The van der Waals surface area contributed by atoms with Gasteiger partial charge in [-0.25, -0.2) is 4.98 Å². The second kappa shape index (κ2) is 9.65. The van der Waals surface area contributed by atoms with Crippen LogP contribution in [0.3, 0.4) is 0 Å². The Morgan fingerprint density at radius 1 is 1.31 bits per heavy atom. The number of thioether (sulfide) groups is 1. The number of nitrogens with one attached hydrogen (secondary N) is 2. The Morgan fingerprint density at radius 3 is 2.86 bits per heavy atom. The molecule has 29 heavy (non-hydrogen) atoms. The van der Waals surface area contributed by atoms with Gasteiger partial charge in [0.05, 0.1) is 23.6 Å². The lowest BCUT2D eigenvalue weighted by molar-refractivity contribution is -0.113. The molecule has 3 aromatic rings. The van der Waals surface area contributed by atoms with Crippen molar-refractivity contribution in [2.24, 2.45) is 0 Å². The Morgan fingerprint density at radius 2 is 2.10 bits per heavy atom. The number of unbranched alkanes of at least 4 members (excludes halogenated alkanes) is 1. The van der Waals surface area contributed by atoms with Gasteiger partial charge in [0.25, 0.3) is 5.56 Å². The smallest absolute Gasteiger partial charge is 0.278 e. The van der Waals surface area contributed by atoms with E-state index in [1.165, 1.54) is 11.8 Å². The van der Waals surface area contributed by atoms with Crippen molar-refractivity contribution in [3.8, 4) is 5.75 Å². The lowest BCUT2D eigenvalue weighted by Crippen LogP contribution is -2.24. The van der Waals surface area contributed by atoms with Crippen molar-refractivity contribution >= 4 is 34.4 Å². The molecule has 3 rings (SSSR count). The quantitative estimate of drug-likeness (QED) is 0.409. The molecule has 2 aromatic heterocycles. The van der Waals surface area contributed by atoms with Crippen LogP contribution in [0.15, 0.2) is 40.3 Å². The number of rotatable bonds is 9. The van der Waals surface area contributed by atoms with Gasteiger partial charge in [-0.15, -0.1) is 0 Å². The molecule has 0 bridgehead atoms. The molecule has 1 aromatic carbocycles. The zero-order chi connectivity index (χ0) is 20.8. The van der Waals surface area contributed by atoms with Crippen molar-refractivity contribution in [2.75, 3.05) is 17.7 Å². The number of carbonyl (C=O) groups is 1. The fourth-order valence-electron chi connectivity index (χ4n) is 3.00. The number of benzene rings is 1. The predicted octanol–water partition coefficient (Wildman–Crippen LogP) is 3.96. The summed E-state index contributed by atoms with van der Waals surface area (Å²) >= 11 is 1.27. The minimum absolute atomic E-state index is 0.0962. The molecule has 0 fully saturated rings. The Bertz CT molecular complexity index is 1060. The highest BCUT2D eigenvalue weighted by Crippen LogP contribution is 2.25. The van der Waals surface area contributed by atoms with Crippen LogP contribution in [0.25, 0.3) is 11.0 Å². The molecule has 154 valence electrons. The fourth-order valence-corrected chi connectivity index (χ4v) is 3.83. The summed E-state index contributed by atoms with van der Waals surface area (Å²) in [5, 5.41) is 3.44. The van der Waals surface area contributed by atoms with Crippen molar-refractivity contribution in [2.45, 2.75) is 45.3 Å². The first-order valence-electron chi connectivity index (χ1n) is 9.78. The highest BCUT2D eigenvalue weighted by molar-refractivity contribution is 7.99. The number of aromatic amines is 1. The van der Waals surface area contributed by atoms with Crippen LogP contribution < -0.4 is 15.6 Å². The van der Waals surface area contributed by atoms with Crippen molar-refractivity contribution in [1.82, 2.24) is 14.5 Å². The first-order chi connectivity index (χ1) is 14.0. The number of nitrogens with zero attached hydrogens (tertiary/aromatic N) is 2. The van der Waals surface area contributed by atoms with Gasteiger partial charge < -0.3 is 15.0 Å². The molecule has 0 atom stereocenters. The monoisotopic (exact) mass is 414 g/mol. The molecular weight excluding hydrogens is 388 g/mol. The van der Waals surface area contributed by atoms with Gasteiger partial charge in [-0.1, -0.05) is 37.2 Å². The average Bonchev–Trinajstić information content (AvgIpc) is 3.08. The topological polar surface area (TPSA) is 89.0 Å². The van der Waals surface area contributed by atoms with Crippen LogP contribution >= 0.6 is 11.8 Å². The van der Waals surface area contributed by atoms with Crippen LogP contribution in [0.2, 0.25) is 0 Å². The maximum absolute atomic E-state index is 12.9. The Balaban J connectivity index is 1.79. The molecule has 0 aliphatic carbocycles. The van der Waals surface area contributed by atoms with Crippen LogP contribution in [-0.4, -0.2) is 32.8 Å². The van der Waals surface area contributed by atoms with Gasteiger partial charge in [0.15, 0.2) is 5.16 Å². The summed E-state index contributed by atoms with van der Waals surface area (Å²) < 4.78 is 7.21. The molecule has 8 heteroatoms. The minimum Gasteiger partial charge on any atom is -0.492 e. The van der Waals surface area contributed by atoms with Gasteiger partial charge in [-0.3, -0.25) is 14.2 Å². The number of amides is 1. The summed E-state index contributed by atoms with van der Waals surface area (Å²) in [4.78, 5) is 33.1. The number of para-hydroxylation sites is 2. The third-order valence-corrected chi connectivity index (χ3v) is 5.34. The Labute approximate surface area is 173 Å². The van der Waals surface area contributed by atoms with Crippen LogP contribution in [0.4, 0.5) is 5.69 Å². The summed E-state index contributed by atoms with van der Waals surface area (Å²) in [6, 6.07) is 9.18. The van der Waals surface area contributed by atoms with Gasteiger partial charge in [0.1, 0.15) is 11.3 Å². The minimum atomic E-state index is -0.177. The molecule has 1 amide bonds. The molecule has 0 spiro atoms. The first kappa shape index (κ1) is 21.0. The number of carbonyl (C=O) groups excluding carboxylic acids is 1. The average molecular weight is 415 g/mol. The molecule has 0 aliphatic rings. The number of aryl methyl sites for hydroxylation is 1. The number of ether oxygens (including phenoxy) is 1. The molecule has 0 saturated heterocycles. The summed E-state index contributed by atoms with van der Waals surface area (Å²) in [7, 11) is 0. The molecular formula is C21H26N4O3S. The fraction of sp³-hybridized carbons (Fsp3) is 0.381. The second-order valence-electron chi connectivity index (χ2n) is 6.68. The molecule has 0 radical (unpaired) electrons. The maximum Gasteiger partial charge on any atom is 0.278 e. The normalized spacial score (nSPS) is 11.0. The predicted molar refractivity (Wildman–Crippen MR) is 117 cm³/mol. The summed E-state index contributed by atoms with van der Waals surface area (Å²) in [6.07, 6.45) is 1.83. The molecule has 0 saturated carbocycles. The molecule has 0 aliphatic heterocycles. The Kier molecular flexibility index (Phi) is 6.98. The van der Waals surface area contributed by atoms with Gasteiger partial charge in [0.2, 0.25) is 5.91 Å². The lowest BCUT2D eigenvalue weighted by atomic mass is 10.3. The van der Waals surface area contributed by atoms with E-state index in [4.69, 9.17) is 4.74 Å². The van der Waals surface area contributed by atoms with E-state index < -0.39 is 0 Å². The third-order valence-electron chi connectivity index (χ3n) is 4.37. The van der Waals surface area contributed by atoms with Crippen molar-refractivity contribution in [1.29, 1.82) is 0 Å². The highest BCUT2D eigenvalue weighted by atomic mass is 32.2. The van der Waals surface area contributed by atoms with E-state index >= 15 is 0 Å². The van der Waals surface area contributed by atoms with Crippen molar-refractivity contribution < 1.29 is 9.53 Å². The molecule has 2 heterocycles. The number of anilines is 1. The number of hydrogen-bond donors (Lipinski definition) is 2. The van der Waals surface area contributed by atoms with E-state index in [0.717, 1.165) is 18.5 Å². The van der Waals surface area contributed by atoms with Crippen molar-refractivity contribution in [3.63, 3.8) is 0 Å². The highest BCUT2D eigenvalue weighted by Gasteiger charge is 2.15. The maximum atomic E-state index is 12.9. The van der Waals surface area contributed by atoms with Crippen LogP contribution in [0.1, 0.15) is 32.4 Å². The van der Waals surface area contributed by atoms with Gasteiger partial charge in [-0.05, 0) is 38.5 Å². The van der Waals surface area contributed by atoms with E-state index in [-0.39, 0.29) is 17.2 Å². The standard InChI is InChI=1S/C21H26N4O3S/c1-4-6-11-25-20(27)19-16(12-14(3)22-19)24-21(25)29-13-18(26)23-15-9-7-8-10-17(15)28-5-2/h7-10,12,22H,4-6,11,13H2,1-3H3,(H,23,26). The van der Waals surface area contributed by atoms with Crippen LogP contribution in [0, 0.1) is 6.92 Å². The van der Waals surface area contributed by atoms with E-state index in [2.05, 4.69) is 22.2 Å². The van der Waals surface area contributed by atoms with Crippen LogP contribution in [-0.2, 0) is 11.3 Å². The summed E-state index contributed by atoms with van der Waals surface area (Å²) in [6.45, 7) is 6.97. The first-order valence-corrected chi connectivity index (χ1v) is 10.8. The Hall–Kier alpha value is -2.74. The van der Waals surface area contributed by atoms with E-state index in [0.29, 0.717) is 40.8 Å². The zero-order valence-corrected chi connectivity index (χ0v) is 17.8. The van der Waals surface area contributed by atoms with Gasteiger partial charge >= 0.3 is 0 Å². The van der Waals surface area contributed by atoms with E-state index in [9.17, 15) is 9.59 Å². The third kappa shape index (κ3) is 5.00. The number of aromatic nitrogens is 3. The largest absolute Gasteiger partial charge is 0.492 e. The van der Waals surface area contributed by atoms with E-state index in [1.54, 1.807) is 10.6 Å². The lowest BCUT2D eigenvalue weighted by Gasteiger charge is -2.13. The summed E-state index contributed by atoms with van der Waals surface area (Å²) in [5.74, 6) is 0.604. The second-order valence-corrected chi connectivity index (χ2v) is 7.63. The zero-order valence-electron chi connectivity index (χ0n) is 16.9. The molecule has 2 N–H and O–H groups in total. The van der Waals surface area contributed by atoms with Crippen molar-refractivity contribution in [3.05, 3.63) is 46.4 Å². The number of hydrogen-bond acceptors (Lipinski definition) is 5. The molecule has 0 unspecified atom stereocenters. The van der Waals surface area contributed by atoms with Gasteiger partial charge in [-0.2, -0.15) is 0 Å². The SMILES string of the molecule is CCCCn1c(SCC(=O)Nc2ccccc2OCC)nc2cc(C)[nH]c2c1=O. The number of fused-ring (bicyclic) bond motifs is 1. The summed E-state index contributed by atoms with van der Waals surface area (Å²) in [5.41, 5.74) is 2.57. The molecule has 7 nitrogen and oxygen atoms in total.